The smallest absolute Gasteiger partial charge is 0.126 e. The van der Waals surface area contributed by atoms with E-state index >= 15 is 0 Å². The van der Waals surface area contributed by atoms with Crippen LogP contribution in [-0.4, -0.2) is 4.98 Å². The third-order valence-electron chi connectivity index (χ3n) is 3.31. The van der Waals surface area contributed by atoms with Crippen molar-refractivity contribution in [3.05, 3.63) is 75.6 Å². The van der Waals surface area contributed by atoms with E-state index < -0.39 is 0 Å². The summed E-state index contributed by atoms with van der Waals surface area (Å²) in [6, 6.07) is 11.9. The van der Waals surface area contributed by atoms with E-state index in [1.807, 2.05) is 36.5 Å². The first kappa shape index (κ1) is 14.3. The maximum atomic E-state index is 6.07. The van der Waals surface area contributed by atoms with Gasteiger partial charge in [0, 0.05) is 23.3 Å². The molecule has 1 N–H and O–H groups in total. The summed E-state index contributed by atoms with van der Waals surface area (Å²) in [5.41, 5.74) is 1.14. The first-order chi connectivity index (χ1) is 10.2. The predicted molar refractivity (Wildman–Crippen MR) is 85.7 cm³/mol. The van der Waals surface area contributed by atoms with Gasteiger partial charge in [-0.05, 0) is 42.8 Å². The summed E-state index contributed by atoms with van der Waals surface area (Å²) in [5.74, 6) is 0.879. The van der Waals surface area contributed by atoms with Gasteiger partial charge in [0.15, 0.2) is 0 Å². The SMILES string of the molecule is CC(NC(c1ccco1)c1ccc(Cl)s1)c1cccnc1. The molecule has 3 aromatic heterocycles. The lowest BCUT2D eigenvalue weighted by Crippen LogP contribution is -2.24. The van der Waals surface area contributed by atoms with E-state index in [9.17, 15) is 0 Å². The van der Waals surface area contributed by atoms with Crippen molar-refractivity contribution in [2.75, 3.05) is 0 Å². The summed E-state index contributed by atoms with van der Waals surface area (Å²) in [7, 11) is 0. The predicted octanol–water partition coefficient (Wildman–Crippen LogP) is 4.83. The molecule has 0 aliphatic heterocycles. The first-order valence-electron chi connectivity index (χ1n) is 6.68. The van der Waals surface area contributed by atoms with Crippen molar-refractivity contribution in [3.8, 4) is 0 Å². The molecule has 0 bridgehead atoms. The van der Waals surface area contributed by atoms with E-state index in [-0.39, 0.29) is 12.1 Å². The van der Waals surface area contributed by atoms with Crippen LogP contribution >= 0.6 is 22.9 Å². The molecule has 108 valence electrons. The molecule has 2 unspecified atom stereocenters. The van der Waals surface area contributed by atoms with Gasteiger partial charge in [0.1, 0.15) is 11.8 Å². The Bertz CT molecular complexity index is 681. The molecule has 0 saturated carbocycles. The molecule has 21 heavy (non-hydrogen) atoms. The number of nitrogens with zero attached hydrogens (tertiary/aromatic N) is 1. The van der Waals surface area contributed by atoms with Crippen LogP contribution in [0.5, 0.6) is 0 Å². The molecule has 3 aromatic rings. The minimum atomic E-state index is -0.0206. The number of thiophene rings is 1. The highest BCUT2D eigenvalue weighted by Crippen LogP contribution is 2.33. The number of rotatable bonds is 5. The number of hydrogen-bond donors (Lipinski definition) is 1. The molecule has 0 aromatic carbocycles. The number of furan rings is 1. The van der Waals surface area contributed by atoms with Gasteiger partial charge in [0.2, 0.25) is 0 Å². The molecule has 3 nitrogen and oxygen atoms in total. The first-order valence-corrected chi connectivity index (χ1v) is 7.88. The summed E-state index contributed by atoms with van der Waals surface area (Å²) < 4.78 is 6.36. The van der Waals surface area contributed by atoms with Crippen LogP contribution in [0.4, 0.5) is 0 Å². The van der Waals surface area contributed by atoms with Crippen LogP contribution in [0.25, 0.3) is 0 Å². The normalized spacial score (nSPS) is 14.0. The zero-order valence-electron chi connectivity index (χ0n) is 11.5. The van der Waals surface area contributed by atoms with Gasteiger partial charge in [-0.3, -0.25) is 10.3 Å². The average molecular weight is 319 g/mol. The Morgan fingerprint density at radius 1 is 1.24 bits per heavy atom. The molecule has 0 amide bonds. The maximum absolute atomic E-state index is 6.07. The van der Waals surface area contributed by atoms with Crippen LogP contribution in [0.15, 0.2) is 59.5 Å². The second-order valence-electron chi connectivity index (χ2n) is 4.77. The Morgan fingerprint density at radius 2 is 2.14 bits per heavy atom. The maximum Gasteiger partial charge on any atom is 0.126 e. The van der Waals surface area contributed by atoms with E-state index in [1.54, 1.807) is 23.8 Å². The van der Waals surface area contributed by atoms with E-state index in [0.29, 0.717) is 0 Å². The van der Waals surface area contributed by atoms with E-state index in [0.717, 1.165) is 20.5 Å². The Morgan fingerprint density at radius 3 is 2.76 bits per heavy atom. The van der Waals surface area contributed by atoms with Crippen molar-refractivity contribution >= 4 is 22.9 Å². The third-order valence-corrected chi connectivity index (χ3v) is 4.60. The number of hydrogen-bond acceptors (Lipinski definition) is 4. The molecule has 0 aliphatic rings. The molecule has 0 aliphatic carbocycles. The largest absolute Gasteiger partial charge is 0.467 e. The highest BCUT2D eigenvalue weighted by molar-refractivity contribution is 7.16. The van der Waals surface area contributed by atoms with E-state index in [4.69, 9.17) is 16.0 Å². The second kappa shape index (κ2) is 6.43. The summed E-state index contributed by atoms with van der Waals surface area (Å²) in [5, 5.41) is 3.58. The third kappa shape index (κ3) is 3.35. The van der Waals surface area contributed by atoms with Gasteiger partial charge in [0.05, 0.1) is 10.6 Å². The average Bonchev–Trinajstić information content (AvgIpc) is 3.17. The second-order valence-corrected chi connectivity index (χ2v) is 6.51. The monoisotopic (exact) mass is 318 g/mol. The number of nitrogens with one attached hydrogen (secondary N) is 1. The Labute approximate surface area is 132 Å². The summed E-state index contributed by atoms with van der Waals surface area (Å²) >= 11 is 7.63. The molecule has 0 fully saturated rings. The fourth-order valence-electron chi connectivity index (χ4n) is 2.22. The van der Waals surface area contributed by atoms with E-state index in [2.05, 4.69) is 23.3 Å². The minimum absolute atomic E-state index is 0.0206. The quantitative estimate of drug-likeness (QED) is 0.732. The number of pyridine rings is 1. The molecule has 0 radical (unpaired) electrons. The van der Waals surface area contributed by atoms with Gasteiger partial charge >= 0.3 is 0 Å². The van der Waals surface area contributed by atoms with E-state index in [1.165, 1.54) is 0 Å². The molecule has 0 saturated heterocycles. The minimum Gasteiger partial charge on any atom is -0.467 e. The Kier molecular flexibility index (Phi) is 4.39. The fourth-order valence-corrected chi connectivity index (χ4v) is 3.35. The number of halogens is 1. The van der Waals surface area contributed by atoms with Gasteiger partial charge in [-0.25, -0.2) is 0 Å². The molecular formula is C16H15ClN2OS. The lowest BCUT2D eigenvalue weighted by molar-refractivity contribution is 0.422. The van der Waals surface area contributed by atoms with Crippen LogP contribution in [0.3, 0.4) is 0 Å². The molecule has 5 heteroatoms. The van der Waals surface area contributed by atoms with Crippen molar-refractivity contribution in [1.82, 2.24) is 10.3 Å². The van der Waals surface area contributed by atoms with Gasteiger partial charge < -0.3 is 4.42 Å². The van der Waals surface area contributed by atoms with Gasteiger partial charge in [-0.1, -0.05) is 17.7 Å². The summed E-state index contributed by atoms with van der Waals surface area (Å²) in [6.45, 7) is 2.11. The fraction of sp³-hybridized carbons (Fsp3) is 0.188. The van der Waals surface area contributed by atoms with Crippen molar-refractivity contribution in [1.29, 1.82) is 0 Å². The lowest BCUT2D eigenvalue weighted by Gasteiger charge is -2.21. The van der Waals surface area contributed by atoms with Crippen LogP contribution < -0.4 is 5.32 Å². The zero-order chi connectivity index (χ0) is 14.7. The molecule has 0 spiro atoms. The van der Waals surface area contributed by atoms with Crippen molar-refractivity contribution in [2.24, 2.45) is 0 Å². The van der Waals surface area contributed by atoms with Gasteiger partial charge in [-0.2, -0.15) is 0 Å². The summed E-state index contributed by atoms with van der Waals surface area (Å²) in [4.78, 5) is 5.30. The molecule has 3 rings (SSSR count). The van der Waals surface area contributed by atoms with Crippen LogP contribution in [0, 0.1) is 0 Å². The molecule has 2 atom stereocenters. The molecule has 3 heterocycles. The van der Waals surface area contributed by atoms with Crippen LogP contribution in [-0.2, 0) is 0 Å². The summed E-state index contributed by atoms with van der Waals surface area (Å²) in [6.07, 6.45) is 5.34. The Hall–Kier alpha value is -1.62. The van der Waals surface area contributed by atoms with Crippen LogP contribution in [0.2, 0.25) is 4.34 Å². The standard InChI is InChI=1S/C16H15ClN2OS/c1-11(12-4-2-8-18-10-12)19-16(13-5-3-9-20-13)14-6-7-15(17)21-14/h2-11,16,19H,1H3. The Balaban J connectivity index is 1.86. The topological polar surface area (TPSA) is 38.1 Å². The van der Waals surface area contributed by atoms with Gasteiger partial charge in [0.25, 0.3) is 0 Å². The molecular weight excluding hydrogens is 304 g/mol. The lowest BCUT2D eigenvalue weighted by atomic mass is 10.1. The number of aromatic nitrogens is 1. The van der Waals surface area contributed by atoms with Crippen LogP contribution in [0.1, 0.15) is 35.2 Å². The zero-order valence-corrected chi connectivity index (χ0v) is 13.1. The van der Waals surface area contributed by atoms with Crippen molar-refractivity contribution < 1.29 is 4.42 Å². The van der Waals surface area contributed by atoms with Crippen molar-refractivity contribution in [2.45, 2.75) is 19.0 Å². The van der Waals surface area contributed by atoms with Gasteiger partial charge in [-0.15, -0.1) is 11.3 Å². The highest BCUT2D eigenvalue weighted by Gasteiger charge is 2.21. The van der Waals surface area contributed by atoms with Crippen molar-refractivity contribution in [3.63, 3.8) is 0 Å². The highest BCUT2D eigenvalue weighted by atomic mass is 35.5.